The van der Waals surface area contributed by atoms with E-state index < -0.39 is 0 Å². The Labute approximate surface area is 76.9 Å². The average molecular weight is 180 g/mol. The van der Waals surface area contributed by atoms with E-state index in [0.717, 1.165) is 18.8 Å². The van der Waals surface area contributed by atoms with Crippen molar-refractivity contribution >= 4 is 0 Å². The summed E-state index contributed by atoms with van der Waals surface area (Å²) in [6, 6.07) is 6.75. The summed E-state index contributed by atoms with van der Waals surface area (Å²) in [5.41, 5.74) is 0. The molecule has 0 aromatic heterocycles. The van der Waals surface area contributed by atoms with Gasteiger partial charge in [-0.05, 0) is 24.3 Å². The second-order valence-corrected chi connectivity index (χ2v) is 3.10. The molecular formula is C10H12O3. The molecule has 1 fully saturated rings. The molecule has 3 heteroatoms. The van der Waals surface area contributed by atoms with Gasteiger partial charge >= 0.3 is 0 Å². The highest BCUT2D eigenvalue weighted by Crippen LogP contribution is 2.19. The molecule has 0 bridgehead atoms. The second kappa shape index (κ2) is 3.66. The fraction of sp³-hybridized carbons (Fsp3) is 0.400. The summed E-state index contributed by atoms with van der Waals surface area (Å²) in [5, 5.41) is 9.04. The summed E-state index contributed by atoms with van der Waals surface area (Å²) >= 11 is 0. The number of rotatable bonds is 2. The molecule has 1 heterocycles. The Bertz CT molecular complexity index is 262. The quantitative estimate of drug-likeness (QED) is 0.750. The van der Waals surface area contributed by atoms with Gasteiger partial charge in [0.15, 0.2) is 0 Å². The Morgan fingerprint density at radius 3 is 2.69 bits per heavy atom. The van der Waals surface area contributed by atoms with Gasteiger partial charge in [-0.25, -0.2) is 0 Å². The van der Waals surface area contributed by atoms with Crippen molar-refractivity contribution in [3.05, 3.63) is 24.3 Å². The van der Waals surface area contributed by atoms with Crippen molar-refractivity contribution in [2.24, 2.45) is 0 Å². The van der Waals surface area contributed by atoms with Crippen LogP contribution in [0.2, 0.25) is 0 Å². The van der Waals surface area contributed by atoms with E-state index in [0.29, 0.717) is 6.61 Å². The first-order chi connectivity index (χ1) is 6.34. The molecular weight excluding hydrogens is 168 g/mol. The fourth-order valence-electron chi connectivity index (χ4n) is 1.32. The van der Waals surface area contributed by atoms with Crippen LogP contribution in [-0.4, -0.2) is 24.4 Å². The molecule has 2 rings (SSSR count). The monoisotopic (exact) mass is 180 g/mol. The summed E-state index contributed by atoms with van der Waals surface area (Å²) in [5.74, 6) is 1.04. The van der Waals surface area contributed by atoms with Crippen LogP contribution in [0, 0.1) is 0 Å². The van der Waals surface area contributed by atoms with Gasteiger partial charge in [0.2, 0.25) is 0 Å². The molecule has 1 aromatic rings. The zero-order chi connectivity index (χ0) is 9.10. The Hall–Kier alpha value is -1.22. The minimum atomic E-state index is 0.171. The second-order valence-electron chi connectivity index (χ2n) is 3.10. The maximum atomic E-state index is 9.04. The van der Waals surface area contributed by atoms with E-state index in [1.165, 1.54) is 0 Å². The standard InChI is InChI=1S/C10H12O3/c11-8-1-3-9(4-2-8)13-10-5-6-12-7-10/h1-4,10-11H,5-7H2. The van der Waals surface area contributed by atoms with E-state index in [-0.39, 0.29) is 11.9 Å². The van der Waals surface area contributed by atoms with Gasteiger partial charge in [0.25, 0.3) is 0 Å². The molecule has 1 N–H and O–H groups in total. The highest BCUT2D eigenvalue weighted by molar-refractivity contribution is 5.30. The fourth-order valence-corrected chi connectivity index (χ4v) is 1.32. The maximum absolute atomic E-state index is 9.04. The minimum Gasteiger partial charge on any atom is -0.508 e. The minimum absolute atomic E-state index is 0.171. The Kier molecular flexibility index (Phi) is 2.36. The Balaban J connectivity index is 1.97. The molecule has 1 saturated heterocycles. The molecule has 1 aromatic carbocycles. The molecule has 13 heavy (non-hydrogen) atoms. The van der Waals surface area contributed by atoms with Crippen LogP contribution < -0.4 is 4.74 Å². The normalized spacial score (nSPS) is 21.7. The predicted octanol–water partition coefficient (Wildman–Crippen LogP) is 1.56. The Morgan fingerprint density at radius 1 is 1.31 bits per heavy atom. The van der Waals surface area contributed by atoms with Gasteiger partial charge in [0.1, 0.15) is 17.6 Å². The molecule has 1 unspecified atom stereocenters. The molecule has 0 amide bonds. The summed E-state index contributed by atoms with van der Waals surface area (Å²) in [6.07, 6.45) is 1.12. The number of phenols is 1. The molecule has 0 spiro atoms. The van der Waals surface area contributed by atoms with Crippen LogP contribution in [0.1, 0.15) is 6.42 Å². The predicted molar refractivity (Wildman–Crippen MR) is 48.0 cm³/mol. The average Bonchev–Trinajstić information content (AvgIpc) is 2.62. The van der Waals surface area contributed by atoms with Crippen LogP contribution in [0.15, 0.2) is 24.3 Å². The number of hydrogen-bond donors (Lipinski definition) is 1. The van der Waals surface area contributed by atoms with Crippen molar-refractivity contribution in [1.29, 1.82) is 0 Å². The molecule has 1 atom stereocenters. The van der Waals surface area contributed by atoms with Gasteiger partial charge < -0.3 is 14.6 Å². The van der Waals surface area contributed by atoms with E-state index in [9.17, 15) is 0 Å². The molecule has 1 aliphatic heterocycles. The number of ether oxygens (including phenoxy) is 2. The van der Waals surface area contributed by atoms with Crippen LogP contribution in [-0.2, 0) is 4.74 Å². The van der Waals surface area contributed by atoms with Crippen LogP contribution >= 0.6 is 0 Å². The molecule has 0 aliphatic carbocycles. The lowest BCUT2D eigenvalue weighted by Crippen LogP contribution is -2.15. The van der Waals surface area contributed by atoms with Gasteiger partial charge in [-0.2, -0.15) is 0 Å². The summed E-state index contributed by atoms with van der Waals surface area (Å²) in [4.78, 5) is 0. The van der Waals surface area contributed by atoms with Gasteiger partial charge in [0, 0.05) is 6.42 Å². The lowest BCUT2D eigenvalue weighted by molar-refractivity contribution is 0.141. The number of aromatic hydroxyl groups is 1. The van der Waals surface area contributed by atoms with Gasteiger partial charge in [-0.15, -0.1) is 0 Å². The lowest BCUT2D eigenvalue weighted by Gasteiger charge is -2.11. The topological polar surface area (TPSA) is 38.7 Å². The summed E-state index contributed by atoms with van der Waals surface area (Å²) in [6.45, 7) is 1.45. The number of benzene rings is 1. The van der Waals surface area contributed by atoms with Crippen molar-refractivity contribution in [2.45, 2.75) is 12.5 Å². The van der Waals surface area contributed by atoms with E-state index in [1.54, 1.807) is 24.3 Å². The van der Waals surface area contributed by atoms with Gasteiger partial charge in [-0.3, -0.25) is 0 Å². The van der Waals surface area contributed by atoms with Crippen molar-refractivity contribution in [2.75, 3.05) is 13.2 Å². The summed E-state index contributed by atoms with van der Waals surface area (Å²) < 4.78 is 10.8. The number of hydrogen-bond acceptors (Lipinski definition) is 3. The zero-order valence-electron chi connectivity index (χ0n) is 7.27. The van der Waals surface area contributed by atoms with Crippen molar-refractivity contribution in [3.63, 3.8) is 0 Å². The smallest absolute Gasteiger partial charge is 0.124 e. The lowest BCUT2D eigenvalue weighted by atomic mass is 10.3. The van der Waals surface area contributed by atoms with Gasteiger partial charge in [-0.1, -0.05) is 0 Å². The van der Waals surface area contributed by atoms with E-state index >= 15 is 0 Å². The summed E-state index contributed by atoms with van der Waals surface area (Å²) in [7, 11) is 0. The largest absolute Gasteiger partial charge is 0.508 e. The van der Waals surface area contributed by atoms with Gasteiger partial charge in [0.05, 0.1) is 13.2 Å². The Morgan fingerprint density at radius 2 is 2.08 bits per heavy atom. The van der Waals surface area contributed by atoms with Crippen LogP contribution in [0.5, 0.6) is 11.5 Å². The van der Waals surface area contributed by atoms with E-state index in [1.807, 2.05) is 0 Å². The van der Waals surface area contributed by atoms with E-state index in [2.05, 4.69) is 0 Å². The first-order valence-corrected chi connectivity index (χ1v) is 4.38. The third-order valence-electron chi connectivity index (χ3n) is 2.03. The first-order valence-electron chi connectivity index (χ1n) is 4.38. The first kappa shape index (κ1) is 8.38. The third-order valence-corrected chi connectivity index (χ3v) is 2.03. The number of phenolic OH excluding ortho intramolecular Hbond substituents is 1. The molecule has 70 valence electrons. The third kappa shape index (κ3) is 2.12. The van der Waals surface area contributed by atoms with Crippen molar-refractivity contribution in [1.82, 2.24) is 0 Å². The maximum Gasteiger partial charge on any atom is 0.124 e. The van der Waals surface area contributed by atoms with Crippen molar-refractivity contribution in [3.8, 4) is 11.5 Å². The highest BCUT2D eigenvalue weighted by Gasteiger charge is 2.16. The van der Waals surface area contributed by atoms with E-state index in [4.69, 9.17) is 14.6 Å². The molecule has 1 aliphatic rings. The van der Waals surface area contributed by atoms with Crippen LogP contribution in [0.4, 0.5) is 0 Å². The SMILES string of the molecule is Oc1ccc(OC2CCOC2)cc1. The molecule has 0 saturated carbocycles. The zero-order valence-corrected chi connectivity index (χ0v) is 7.27. The van der Waals surface area contributed by atoms with Crippen molar-refractivity contribution < 1.29 is 14.6 Å². The van der Waals surface area contributed by atoms with Crippen LogP contribution in [0.25, 0.3) is 0 Å². The highest BCUT2D eigenvalue weighted by atomic mass is 16.5. The molecule has 0 radical (unpaired) electrons. The molecule has 3 nitrogen and oxygen atoms in total. The van der Waals surface area contributed by atoms with Crippen LogP contribution in [0.3, 0.4) is 0 Å².